The molecule has 2 aromatic heterocycles. The Morgan fingerprint density at radius 2 is 1.64 bits per heavy atom. The quantitative estimate of drug-likeness (QED) is 0.677. The standard InChI is InChI=1S/C19H16F3N5O/c20-19(21,22)16-7-8-17(25-24-16)26-9-11-27(12-10-26)18(28)15-6-5-13-3-1-2-4-14(13)23-15/h1-8H,9-12H2. The molecule has 1 aliphatic heterocycles. The summed E-state index contributed by atoms with van der Waals surface area (Å²) in [6.45, 7) is 1.77. The zero-order chi connectivity index (χ0) is 19.7. The first-order valence-corrected chi connectivity index (χ1v) is 8.73. The minimum absolute atomic E-state index is 0.163. The third kappa shape index (κ3) is 3.60. The largest absolute Gasteiger partial charge is 0.435 e. The van der Waals surface area contributed by atoms with Crippen molar-refractivity contribution < 1.29 is 18.0 Å². The molecule has 3 heterocycles. The number of anilines is 1. The van der Waals surface area contributed by atoms with Gasteiger partial charge >= 0.3 is 6.18 Å². The minimum Gasteiger partial charge on any atom is -0.352 e. The van der Waals surface area contributed by atoms with E-state index in [-0.39, 0.29) is 5.91 Å². The van der Waals surface area contributed by atoms with Crippen LogP contribution in [0.15, 0.2) is 48.5 Å². The molecule has 0 unspecified atom stereocenters. The van der Waals surface area contributed by atoms with Crippen molar-refractivity contribution in [1.29, 1.82) is 0 Å². The molecule has 144 valence electrons. The fourth-order valence-corrected chi connectivity index (χ4v) is 3.13. The van der Waals surface area contributed by atoms with Gasteiger partial charge in [-0.3, -0.25) is 4.79 Å². The molecule has 0 N–H and O–H groups in total. The zero-order valence-electron chi connectivity index (χ0n) is 14.7. The summed E-state index contributed by atoms with van der Waals surface area (Å²) in [5.41, 5.74) is 0.112. The fourth-order valence-electron chi connectivity index (χ4n) is 3.13. The highest BCUT2D eigenvalue weighted by Crippen LogP contribution is 2.27. The van der Waals surface area contributed by atoms with E-state index in [1.165, 1.54) is 6.07 Å². The minimum atomic E-state index is -4.51. The maximum Gasteiger partial charge on any atom is 0.435 e. The van der Waals surface area contributed by atoms with E-state index in [2.05, 4.69) is 15.2 Å². The summed E-state index contributed by atoms with van der Waals surface area (Å²) >= 11 is 0. The van der Waals surface area contributed by atoms with E-state index in [0.717, 1.165) is 17.0 Å². The van der Waals surface area contributed by atoms with Crippen LogP contribution >= 0.6 is 0 Å². The Hall–Kier alpha value is -3.23. The van der Waals surface area contributed by atoms with Gasteiger partial charge in [-0.05, 0) is 24.3 Å². The zero-order valence-corrected chi connectivity index (χ0v) is 14.7. The number of carbonyl (C=O) groups is 1. The van der Waals surface area contributed by atoms with Crippen LogP contribution in [0.3, 0.4) is 0 Å². The third-order valence-electron chi connectivity index (χ3n) is 4.65. The van der Waals surface area contributed by atoms with E-state index in [0.29, 0.717) is 37.7 Å². The molecule has 0 radical (unpaired) electrons. The number of hydrogen-bond donors (Lipinski definition) is 0. The lowest BCUT2D eigenvalue weighted by Gasteiger charge is -2.35. The van der Waals surface area contributed by atoms with Gasteiger partial charge in [-0.2, -0.15) is 13.2 Å². The summed E-state index contributed by atoms with van der Waals surface area (Å²) in [6, 6.07) is 13.4. The molecule has 0 spiro atoms. The van der Waals surface area contributed by atoms with Crippen LogP contribution in [0.25, 0.3) is 10.9 Å². The van der Waals surface area contributed by atoms with E-state index in [1.807, 2.05) is 35.2 Å². The molecule has 0 aliphatic carbocycles. The van der Waals surface area contributed by atoms with Crippen LogP contribution in [-0.4, -0.2) is 52.2 Å². The molecule has 1 saturated heterocycles. The van der Waals surface area contributed by atoms with Gasteiger partial charge in [-0.1, -0.05) is 24.3 Å². The lowest BCUT2D eigenvalue weighted by atomic mass is 10.2. The van der Waals surface area contributed by atoms with E-state index in [1.54, 1.807) is 11.0 Å². The van der Waals surface area contributed by atoms with Crippen LogP contribution in [-0.2, 0) is 6.18 Å². The number of hydrogen-bond acceptors (Lipinski definition) is 5. The summed E-state index contributed by atoms with van der Waals surface area (Å²) in [7, 11) is 0. The van der Waals surface area contributed by atoms with Crippen molar-refractivity contribution in [2.24, 2.45) is 0 Å². The molecule has 6 nitrogen and oxygen atoms in total. The number of benzene rings is 1. The summed E-state index contributed by atoms with van der Waals surface area (Å²) in [6.07, 6.45) is -4.51. The van der Waals surface area contributed by atoms with Crippen LogP contribution < -0.4 is 4.90 Å². The number of aromatic nitrogens is 3. The Bertz CT molecular complexity index is 998. The van der Waals surface area contributed by atoms with Gasteiger partial charge in [0, 0.05) is 31.6 Å². The lowest BCUT2D eigenvalue weighted by molar-refractivity contribution is -0.141. The average Bonchev–Trinajstić information content (AvgIpc) is 2.72. The number of alkyl halides is 3. The molecule has 3 aromatic rings. The highest BCUT2D eigenvalue weighted by atomic mass is 19.4. The number of fused-ring (bicyclic) bond motifs is 1. The number of piperazine rings is 1. The van der Waals surface area contributed by atoms with Crippen molar-refractivity contribution in [3.8, 4) is 0 Å². The molecule has 0 saturated carbocycles. The van der Waals surface area contributed by atoms with Crippen LogP contribution in [0, 0.1) is 0 Å². The summed E-state index contributed by atoms with van der Waals surface area (Å²) in [5.74, 6) is 0.202. The van der Waals surface area contributed by atoms with E-state index < -0.39 is 11.9 Å². The second-order valence-corrected chi connectivity index (χ2v) is 6.44. The Morgan fingerprint density at radius 1 is 0.893 bits per heavy atom. The average molecular weight is 387 g/mol. The van der Waals surface area contributed by atoms with Crippen LogP contribution in [0.5, 0.6) is 0 Å². The topological polar surface area (TPSA) is 62.2 Å². The third-order valence-corrected chi connectivity index (χ3v) is 4.65. The van der Waals surface area contributed by atoms with Gasteiger partial charge in [-0.15, -0.1) is 10.2 Å². The number of carbonyl (C=O) groups excluding carboxylic acids is 1. The number of pyridine rings is 1. The molecular weight excluding hydrogens is 371 g/mol. The van der Waals surface area contributed by atoms with Crippen molar-refractivity contribution in [3.05, 3.63) is 59.9 Å². The van der Waals surface area contributed by atoms with E-state index in [9.17, 15) is 18.0 Å². The molecule has 1 aliphatic rings. The van der Waals surface area contributed by atoms with Gasteiger partial charge in [0.25, 0.3) is 5.91 Å². The summed E-state index contributed by atoms with van der Waals surface area (Å²) in [4.78, 5) is 20.7. The number of halogens is 3. The van der Waals surface area contributed by atoms with Gasteiger partial charge in [-0.25, -0.2) is 4.98 Å². The first-order chi connectivity index (χ1) is 13.4. The number of rotatable bonds is 2. The molecule has 4 rings (SSSR count). The van der Waals surface area contributed by atoms with Gasteiger partial charge in [0.15, 0.2) is 11.5 Å². The Balaban J connectivity index is 1.42. The van der Waals surface area contributed by atoms with Gasteiger partial charge in [0.1, 0.15) is 5.69 Å². The van der Waals surface area contributed by atoms with Crippen molar-refractivity contribution >= 4 is 22.6 Å². The smallest absolute Gasteiger partial charge is 0.352 e. The summed E-state index contributed by atoms with van der Waals surface area (Å²) in [5, 5.41) is 7.88. The molecule has 0 bridgehead atoms. The number of amides is 1. The predicted molar refractivity (Wildman–Crippen MR) is 96.9 cm³/mol. The van der Waals surface area contributed by atoms with Gasteiger partial charge in [0.2, 0.25) is 0 Å². The van der Waals surface area contributed by atoms with Crippen LogP contribution in [0.1, 0.15) is 16.2 Å². The van der Waals surface area contributed by atoms with Crippen LogP contribution in [0.2, 0.25) is 0 Å². The maximum absolute atomic E-state index is 12.7. The van der Waals surface area contributed by atoms with Gasteiger partial charge < -0.3 is 9.80 Å². The van der Waals surface area contributed by atoms with E-state index in [4.69, 9.17) is 0 Å². The Labute approximate surface area is 158 Å². The normalized spacial score (nSPS) is 15.1. The lowest BCUT2D eigenvalue weighted by Crippen LogP contribution is -2.49. The fraction of sp³-hybridized carbons (Fsp3) is 0.263. The second-order valence-electron chi connectivity index (χ2n) is 6.44. The first-order valence-electron chi connectivity index (χ1n) is 8.73. The number of nitrogens with zero attached hydrogens (tertiary/aromatic N) is 5. The van der Waals surface area contributed by atoms with Crippen molar-refractivity contribution in [2.45, 2.75) is 6.18 Å². The molecule has 1 amide bonds. The van der Waals surface area contributed by atoms with Crippen molar-refractivity contribution in [3.63, 3.8) is 0 Å². The van der Waals surface area contributed by atoms with Crippen LogP contribution in [0.4, 0.5) is 19.0 Å². The van der Waals surface area contributed by atoms with Crippen molar-refractivity contribution in [1.82, 2.24) is 20.1 Å². The van der Waals surface area contributed by atoms with Crippen molar-refractivity contribution in [2.75, 3.05) is 31.1 Å². The molecule has 1 aromatic carbocycles. The molecule has 9 heteroatoms. The maximum atomic E-state index is 12.7. The number of para-hydroxylation sites is 1. The summed E-state index contributed by atoms with van der Waals surface area (Å²) < 4.78 is 37.8. The second kappa shape index (κ2) is 7.06. The highest BCUT2D eigenvalue weighted by Gasteiger charge is 2.33. The Morgan fingerprint density at radius 3 is 2.32 bits per heavy atom. The molecular formula is C19H16F3N5O. The SMILES string of the molecule is O=C(c1ccc2ccccc2n1)N1CCN(c2ccc(C(F)(F)F)nn2)CC1. The first kappa shape index (κ1) is 18.1. The molecule has 0 atom stereocenters. The molecule has 28 heavy (non-hydrogen) atoms. The highest BCUT2D eigenvalue weighted by molar-refractivity contribution is 5.95. The monoisotopic (exact) mass is 387 g/mol. The van der Waals surface area contributed by atoms with E-state index >= 15 is 0 Å². The van der Waals surface area contributed by atoms with Gasteiger partial charge in [0.05, 0.1) is 5.52 Å². The molecule has 1 fully saturated rings. The predicted octanol–water partition coefficient (Wildman–Crippen LogP) is 3.01. The Kier molecular flexibility index (Phi) is 4.58.